The number of hydrogen-bond acceptors (Lipinski definition) is 7. The predicted molar refractivity (Wildman–Crippen MR) is 109 cm³/mol. The monoisotopic (exact) mass is 427 g/mol. The quantitative estimate of drug-likeness (QED) is 0.616. The van der Waals surface area contributed by atoms with E-state index < -0.39 is 10.0 Å². The highest BCUT2D eigenvalue weighted by molar-refractivity contribution is 7.89. The lowest BCUT2D eigenvalue weighted by Crippen LogP contribution is -2.40. The molecule has 2 saturated heterocycles. The maximum absolute atomic E-state index is 13.0. The summed E-state index contributed by atoms with van der Waals surface area (Å²) < 4.78 is 43.1. The first-order valence-corrected chi connectivity index (χ1v) is 11.3. The van der Waals surface area contributed by atoms with Crippen LogP contribution >= 0.6 is 0 Å². The number of methoxy groups -OCH3 is 1. The molecule has 1 aromatic rings. The van der Waals surface area contributed by atoms with Crippen LogP contribution < -0.4 is 10.2 Å². The molecule has 2 heterocycles. The van der Waals surface area contributed by atoms with Gasteiger partial charge in [0.05, 0.1) is 42.7 Å². The van der Waals surface area contributed by atoms with Crippen molar-refractivity contribution in [3.8, 4) is 0 Å². The maximum Gasteiger partial charge on any atom is 0.243 e. The molecule has 1 aromatic carbocycles. The molecule has 29 heavy (non-hydrogen) atoms. The molecular weight excluding hydrogens is 398 g/mol. The fraction of sp³-hybridized carbons (Fsp3) is 0.632. The zero-order valence-electron chi connectivity index (χ0n) is 16.8. The SMILES string of the molecule is COCCCC(=O)Nc1cc(S(=O)(=O)N2CCOCC2)ccc1N1CCOCC1. The molecule has 162 valence electrons. The number of sulfonamides is 1. The third-order valence-corrected chi connectivity index (χ3v) is 6.85. The third kappa shape index (κ3) is 5.67. The van der Waals surface area contributed by atoms with Crippen LogP contribution in [0.15, 0.2) is 23.1 Å². The zero-order chi connectivity index (χ0) is 20.7. The number of carbonyl (C=O) groups excluding carboxylic acids is 1. The Balaban J connectivity index is 1.86. The number of nitrogens with zero attached hydrogens (tertiary/aromatic N) is 2. The van der Waals surface area contributed by atoms with Crippen molar-refractivity contribution in [1.82, 2.24) is 4.31 Å². The highest BCUT2D eigenvalue weighted by Gasteiger charge is 2.28. The Bertz CT molecular complexity index is 789. The van der Waals surface area contributed by atoms with E-state index in [4.69, 9.17) is 14.2 Å². The average molecular weight is 428 g/mol. The van der Waals surface area contributed by atoms with Gasteiger partial charge in [0.1, 0.15) is 0 Å². The van der Waals surface area contributed by atoms with Crippen LogP contribution in [0.25, 0.3) is 0 Å². The summed E-state index contributed by atoms with van der Waals surface area (Å²) in [4.78, 5) is 14.7. The van der Waals surface area contributed by atoms with Crippen LogP contribution in [0.4, 0.5) is 11.4 Å². The Morgan fingerprint density at radius 3 is 2.41 bits per heavy atom. The van der Waals surface area contributed by atoms with Crippen molar-refractivity contribution in [2.24, 2.45) is 0 Å². The summed E-state index contributed by atoms with van der Waals surface area (Å²) in [6.07, 6.45) is 0.901. The van der Waals surface area contributed by atoms with E-state index in [0.717, 1.165) is 5.69 Å². The van der Waals surface area contributed by atoms with E-state index >= 15 is 0 Å². The molecule has 0 radical (unpaired) electrons. The van der Waals surface area contributed by atoms with Gasteiger partial charge in [0, 0.05) is 46.3 Å². The molecule has 1 amide bonds. The minimum Gasteiger partial charge on any atom is -0.385 e. The van der Waals surface area contributed by atoms with E-state index in [0.29, 0.717) is 77.7 Å². The van der Waals surface area contributed by atoms with Crippen LogP contribution in [0.1, 0.15) is 12.8 Å². The summed E-state index contributed by atoms with van der Waals surface area (Å²) in [6, 6.07) is 4.93. The molecule has 10 heteroatoms. The van der Waals surface area contributed by atoms with Gasteiger partial charge >= 0.3 is 0 Å². The lowest BCUT2D eigenvalue weighted by atomic mass is 10.2. The van der Waals surface area contributed by atoms with E-state index in [-0.39, 0.29) is 10.8 Å². The van der Waals surface area contributed by atoms with E-state index in [1.54, 1.807) is 25.3 Å². The number of morpholine rings is 2. The van der Waals surface area contributed by atoms with Gasteiger partial charge < -0.3 is 24.4 Å². The van der Waals surface area contributed by atoms with E-state index in [1.165, 1.54) is 4.31 Å². The van der Waals surface area contributed by atoms with E-state index in [1.807, 2.05) is 0 Å². The standard InChI is InChI=1S/C19H29N3O6S/c1-26-10-2-3-19(23)20-17-15-16(29(24,25)22-8-13-28-14-9-22)4-5-18(17)21-6-11-27-12-7-21/h4-5,15H,2-3,6-14H2,1H3,(H,20,23). The van der Waals surface area contributed by atoms with Crippen LogP contribution in [0.5, 0.6) is 0 Å². The summed E-state index contributed by atoms with van der Waals surface area (Å²) in [5, 5.41) is 2.90. The first-order valence-electron chi connectivity index (χ1n) is 9.86. The number of benzene rings is 1. The molecule has 2 aliphatic heterocycles. The lowest BCUT2D eigenvalue weighted by molar-refractivity contribution is -0.116. The highest BCUT2D eigenvalue weighted by atomic mass is 32.2. The van der Waals surface area contributed by atoms with Gasteiger partial charge in [-0.25, -0.2) is 8.42 Å². The molecule has 2 aliphatic rings. The smallest absolute Gasteiger partial charge is 0.243 e. The molecule has 0 unspecified atom stereocenters. The van der Waals surface area contributed by atoms with Gasteiger partial charge in [-0.15, -0.1) is 0 Å². The second-order valence-corrected chi connectivity index (χ2v) is 8.88. The summed E-state index contributed by atoms with van der Waals surface area (Å²) in [6.45, 7) is 4.46. The second-order valence-electron chi connectivity index (χ2n) is 6.94. The van der Waals surface area contributed by atoms with Crippen molar-refractivity contribution >= 4 is 27.3 Å². The molecule has 0 saturated carbocycles. The van der Waals surface area contributed by atoms with Gasteiger partial charge in [-0.1, -0.05) is 0 Å². The zero-order valence-corrected chi connectivity index (χ0v) is 17.6. The van der Waals surface area contributed by atoms with Crippen molar-refractivity contribution in [2.45, 2.75) is 17.7 Å². The molecule has 0 atom stereocenters. The topological polar surface area (TPSA) is 97.4 Å². The fourth-order valence-electron chi connectivity index (χ4n) is 3.38. The molecule has 2 fully saturated rings. The van der Waals surface area contributed by atoms with Crippen LogP contribution in [0.2, 0.25) is 0 Å². The molecule has 0 bridgehead atoms. The van der Waals surface area contributed by atoms with Crippen molar-refractivity contribution in [1.29, 1.82) is 0 Å². The Labute approximate surface area is 171 Å². The van der Waals surface area contributed by atoms with Gasteiger partial charge in [0.25, 0.3) is 0 Å². The van der Waals surface area contributed by atoms with Gasteiger partial charge in [-0.2, -0.15) is 4.31 Å². The van der Waals surface area contributed by atoms with Gasteiger partial charge in [-0.05, 0) is 24.6 Å². The van der Waals surface area contributed by atoms with Crippen LogP contribution in [-0.4, -0.2) is 85.0 Å². The molecule has 1 N–H and O–H groups in total. The first kappa shape index (κ1) is 22.0. The molecular formula is C19H29N3O6S. The number of ether oxygens (including phenoxy) is 3. The van der Waals surface area contributed by atoms with Crippen molar-refractivity contribution in [2.75, 3.05) is 76.5 Å². The number of hydrogen-bond donors (Lipinski definition) is 1. The number of rotatable bonds is 8. The Morgan fingerprint density at radius 2 is 1.76 bits per heavy atom. The summed E-state index contributed by atoms with van der Waals surface area (Å²) in [5.74, 6) is -0.169. The first-order chi connectivity index (χ1) is 14.0. The predicted octanol–water partition coefficient (Wildman–Crippen LogP) is 0.909. The van der Waals surface area contributed by atoms with Gasteiger partial charge in [0.2, 0.25) is 15.9 Å². The average Bonchev–Trinajstić information content (AvgIpc) is 2.75. The normalized spacial score (nSPS) is 18.6. The maximum atomic E-state index is 13.0. The fourth-order valence-corrected chi connectivity index (χ4v) is 4.82. The Hall–Kier alpha value is -1.72. The number of nitrogens with one attached hydrogen (secondary N) is 1. The van der Waals surface area contributed by atoms with Crippen LogP contribution in [0, 0.1) is 0 Å². The number of carbonyl (C=O) groups is 1. The minimum atomic E-state index is -3.65. The molecule has 0 spiro atoms. The highest BCUT2D eigenvalue weighted by Crippen LogP contribution is 2.31. The summed E-state index contributed by atoms with van der Waals surface area (Å²) >= 11 is 0. The van der Waals surface area contributed by atoms with Crippen molar-refractivity contribution < 1.29 is 27.4 Å². The van der Waals surface area contributed by atoms with Crippen molar-refractivity contribution in [3.05, 3.63) is 18.2 Å². The summed E-state index contributed by atoms with van der Waals surface area (Å²) in [5.41, 5.74) is 1.30. The molecule has 9 nitrogen and oxygen atoms in total. The molecule has 0 aliphatic carbocycles. The van der Waals surface area contributed by atoms with Crippen molar-refractivity contribution in [3.63, 3.8) is 0 Å². The summed E-state index contributed by atoms with van der Waals surface area (Å²) in [7, 11) is -2.06. The molecule has 3 rings (SSSR count). The number of anilines is 2. The Morgan fingerprint density at radius 1 is 1.10 bits per heavy atom. The van der Waals surface area contributed by atoms with Gasteiger partial charge in [-0.3, -0.25) is 4.79 Å². The van der Waals surface area contributed by atoms with Gasteiger partial charge in [0.15, 0.2) is 0 Å². The Kier molecular flexibility index (Phi) is 7.84. The lowest BCUT2D eigenvalue weighted by Gasteiger charge is -2.31. The van der Waals surface area contributed by atoms with Crippen LogP contribution in [-0.2, 0) is 29.0 Å². The van der Waals surface area contributed by atoms with Crippen LogP contribution in [0.3, 0.4) is 0 Å². The minimum absolute atomic E-state index is 0.169. The largest absolute Gasteiger partial charge is 0.385 e. The van der Waals surface area contributed by atoms with E-state index in [2.05, 4.69) is 10.2 Å². The van der Waals surface area contributed by atoms with E-state index in [9.17, 15) is 13.2 Å². The third-order valence-electron chi connectivity index (χ3n) is 4.95. The second kappa shape index (κ2) is 10.4. The molecule has 0 aromatic heterocycles. The number of amides is 1.